The zero-order valence-electron chi connectivity index (χ0n) is 11.4. The zero-order valence-corrected chi connectivity index (χ0v) is 12.2. The van der Waals surface area contributed by atoms with Crippen LogP contribution in [-0.2, 0) is 11.3 Å². The summed E-state index contributed by atoms with van der Waals surface area (Å²) < 4.78 is 0. The Kier molecular flexibility index (Phi) is 4.46. The predicted octanol–water partition coefficient (Wildman–Crippen LogP) is 2.27. The molecule has 0 saturated carbocycles. The van der Waals surface area contributed by atoms with E-state index < -0.39 is 5.41 Å². The fourth-order valence-electron chi connectivity index (χ4n) is 1.62. The van der Waals surface area contributed by atoms with E-state index in [-0.39, 0.29) is 10.9 Å². The molecule has 0 atom stereocenters. The lowest BCUT2D eigenvalue weighted by molar-refractivity contribution is -0.136. The Morgan fingerprint density at radius 2 is 1.83 bits per heavy atom. The summed E-state index contributed by atoms with van der Waals surface area (Å²) in [4.78, 5) is 14.1. The normalized spacial score (nSPS) is 11.1. The smallest absolute Gasteiger partial charge is 0.235 e. The van der Waals surface area contributed by atoms with Gasteiger partial charge in [0, 0.05) is 13.6 Å². The van der Waals surface area contributed by atoms with Crippen molar-refractivity contribution in [2.24, 2.45) is 11.1 Å². The van der Waals surface area contributed by atoms with E-state index in [1.165, 1.54) is 5.56 Å². The van der Waals surface area contributed by atoms with E-state index in [0.717, 1.165) is 5.56 Å². The molecule has 18 heavy (non-hydrogen) atoms. The van der Waals surface area contributed by atoms with Crippen molar-refractivity contribution < 1.29 is 4.79 Å². The minimum Gasteiger partial charge on any atom is -0.392 e. The van der Waals surface area contributed by atoms with Crippen LogP contribution in [0.5, 0.6) is 0 Å². The summed E-state index contributed by atoms with van der Waals surface area (Å²) in [6.07, 6.45) is 0. The zero-order chi connectivity index (χ0) is 13.9. The molecule has 0 spiro atoms. The molecule has 1 aromatic carbocycles. The Bertz CT molecular complexity index is 451. The summed E-state index contributed by atoms with van der Waals surface area (Å²) >= 11 is 4.94. The van der Waals surface area contributed by atoms with Gasteiger partial charge < -0.3 is 10.6 Å². The maximum Gasteiger partial charge on any atom is 0.235 e. The summed E-state index contributed by atoms with van der Waals surface area (Å²) in [5.41, 5.74) is 7.11. The summed E-state index contributed by atoms with van der Waals surface area (Å²) in [7, 11) is 1.77. The Morgan fingerprint density at radius 3 is 2.28 bits per heavy atom. The van der Waals surface area contributed by atoms with Gasteiger partial charge in [-0.3, -0.25) is 4.79 Å². The average molecular weight is 264 g/mol. The predicted molar refractivity (Wildman–Crippen MR) is 78.2 cm³/mol. The van der Waals surface area contributed by atoms with Gasteiger partial charge in [-0.05, 0) is 26.3 Å². The van der Waals surface area contributed by atoms with E-state index in [2.05, 4.69) is 0 Å². The van der Waals surface area contributed by atoms with Crippen molar-refractivity contribution in [1.29, 1.82) is 0 Å². The third-order valence-electron chi connectivity index (χ3n) is 3.04. The molecule has 0 fully saturated rings. The number of carbonyl (C=O) groups excluding carboxylic acids is 1. The van der Waals surface area contributed by atoms with Gasteiger partial charge in [0.15, 0.2) is 0 Å². The van der Waals surface area contributed by atoms with Gasteiger partial charge in [-0.1, -0.05) is 42.0 Å². The molecule has 0 aromatic heterocycles. The van der Waals surface area contributed by atoms with E-state index in [4.69, 9.17) is 18.0 Å². The molecule has 98 valence electrons. The van der Waals surface area contributed by atoms with Crippen LogP contribution in [0.3, 0.4) is 0 Å². The third kappa shape index (κ3) is 3.29. The first-order valence-electron chi connectivity index (χ1n) is 5.86. The molecule has 3 nitrogen and oxygen atoms in total. The molecule has 0 radical (unpaired) electrons. The highest BCUT2D eigenvalue weighted by Crippen LogP contribution is 2.20. The van der Waals surface area contributed by atoms with Gasteiger partial charge in [0.25, 0.3) is 0 Å². The fraction of sp³-hybridized carbons (Fsp3) is 0.429. The van der Waals surface area contributed by atoms with Crippen LogP contribution in [0.1, 0.15) is 25.0 Å². The van der Waals surface area contributed by atoms with Gasteiger partial charge in [0.1, 0.15) is 0 Å². The van der Waals surface area contributed by atoms with Gasteiger partial charge >= 0.3 is 0 Å². The highest BCUT2D eigenvalue weighted by atomic mass is 32.1. The third-order valence-corrected chi connectivity index (χ3v) is 3.55. The molecule has 2 N–H and O–H groups in total. The van der Waals surface area contributed by atoms with Crippen LogP contribution < -0.4 is 5.73 Å². The van der Waals surface area contributed by atoms with Crippen LogP contribution in [0.2, 0.25) is 0 Å². The molecule has 1 rings (SSSR count). The Balaban J connectivity index is 2.77. The Morgan fingerprint density at radius 1 is 1.33 bits per heavy atom. The molecule has 0 aliphatic rings. The number of benzene rings is 1. The topological polar surface area (TPSA) is 46.3 Å². The minimum atomic E-state index is -0.797. The number of hydrogen-bond acceptors (Lipinski definition) is 2. The second kappa shape index (κ2) is 5.48. The van der Waals surface area contributed by atoms with Gasteiger partial charge in [0.05, 0.1) is 10.4 Å². The molecule has 0 bridgehead atoms. The number of carbonyl (C=O) groups is 1. The maximum absolute atomic E-state index is 12.2. The summed E-state index contributed by atoms with van der Waals surface area (Å²) in [5, 5.41) is 0. The van der Waals surface area contributed by atoms with Gasteiger partial charge in [0.2, 0.25) is 5.91 Å². The second-order valence-corrected chi connectivity index (χ2v) is 5.58. The van der Waals surface area contributed by atoms with Crippen LogP contribution >= 0.6 is 12.2 Å². The molecule has 0 heterocycles. The second-order valence-electron chi connectivity index (χ2n) is 5.14. The number of thiocarbonyl (C=S) groups is 1. The first-order valence-corrected chi connectivity index (χ1v) is 6.27. The van der Waals surface area contributed by atoms with Crippen LogP contribution in [0.15, 0.2) is 24.3 Å². The van der Waals surface area contributed by atoms with Crippen molar-refractivity contribution in [2.45, 2.75) is 27.3 Å². The first-order chi connectivity index (χ1) is 8.25. The van der Waals surface area contributed by atoms with Crippen molar-refractivity contribution >= 4 is 23.1 Å². The van der Waals surface area contributed by atoms with Crippen molar-refractivity contribution in [2.75, 3.05) is 7.05 Å². The van der Waals surface area contributed by atoms with Gasteiger partial charge in [-0.25, -0.2) is 0 Å². The van der Waals surface area contributed by atoms with E-state index in [1.54, 1.807) is 25.8 Å². The minimum absolute atomic E-state index is 0.0597. The highest BCUT2D eigenvalue weighted by molar-refractivity contribution is 7.80. The summed E-state index contributed by atoms with van der Waals surface area (Å²) in [5.74, 6) is -0.0597. The molecule has 0 unspecified atom stereocenters. The SMILES string of the molecule is Cc1ccc(CN(C)C(=O)C(C)(C)C(N)=S)cc1. The fourth-order valence-corrected chi connectivity index (χ4v) is 1.71. The van der Waals surface area contributed by atoms with Gasteiger partial charge in [-0.15, -0.1) is 0 Å². The number of nitrogens with zero attached hydrogens (tertiary/aromatic N) is 1. The average Bonchev–Trinajstić information content (AvgIpc) is 2.30. The summed E-state index contributed by atoms with van der Waals surface area (Å²) in [6, 6.07) is 8.11. The number of hydrogen-bond donors (Lipinski definition) is 1. The quantitative estimate of drug-likeness (QED) is 0.849. The van der Waals surface area contributed by atoms with Crippen molar-refractivity contribution in [3.63, 3.8) is 0 Å². The lowest BCUT2D eigenvalue weighted by atomic mass is 9.91. The standard InChI is InChI=1S/C14H20N2OS/c1-10-5-7-11(8-6-10)9-16(4)13(17)14(2,3)12(15)18/h5-8H,9H2,1-4H3,(H2,15,18). The van der Waals surface area contributed by atoms with E-state index >= 15 is 0 Å². The Labute approximate surface area is 114 Å². The molecule has 0 aliphatic heterocycles. The van der Waals surface area contributed by atoms with Crippen LogP contribution in [-0.4, -0.2) is 22.8 Å². The number of amides is 1. The largest absolute Gasteiger partial charge is 0.392 e. The molecule has 0 saturated heterocycles. The van der Waals surface area contributed by atoms with E-state index in [9.17, 15) is 4.79 Å². The molecular weight excluding hydrogens is 244 g/mol. The van der Waals surface area contributed by atoms with Crippen molar-refractivity contribution in [3.05, 3.63) is 35.4 Å². The van der Waals surface area contributed by atoms with Crippen LogP contribution in [0.25, 0.3) is 0 Å². The van der Waals surface area contributed by atoms with Crippen molar-refractivity contribution in [1.82, 2.24) is 4.90 Å². The monoisotopic (exact) mass is 264 g/mol. The molecule has 0 aliphatic carbocycles. The molecule has 4 heteroatoms. The van der Waals surface area contributed by atoms with E-state index in [0.29, 0.717) is 6.54 Å². The molecular formula is C14H20N2OS. The summed E-state index contributed by atoms with van der Waals surface area (Å²) in [6.45, 7) is 6.10. The lowest BCUT2D eigenvalue weighted by Gasteiger charge is -2.28. The number of aryl methyl sites for hydroxylation is 1. The van der Waals surface area contributed by atoms with Crippen molar-refractivity contribution in [3.8, 4) is 0 Å². The molecule has 1 amide bonds. The van der Waals surface area contributed by atoms with Crippen LogP contribution in [0, 0.1) is 12.3 Å². The molecule has 1 aromatic rings. The highest BCUT2D eigenvalue weighted by Gasteiger charge is 2.33. The van der Waals surface area contributed by atoms with E-state index in [1.807, 2.05) is 31.2 Å². The Hall–Kier alpha value is -1.42. The number of rotatable bonds is 4. The van der Waals surface area contributed by atoms with Gasteiger partial charge in [-0.2, -0.15) is 0 Å². The number of nitrogens with two attached hydrogens (primary N) is 1. The maximum atomic E-state index is 12.2. The lowest BCUT2D eigenvalue weighted by Crippen LogP contribution is -2.45. The van der Waals surface area contributed by atoms with Crippen LogP contribution in [0.4, 0.5) is 0 Å². The first kappa shape index (κ1) is 14.6.